The van der Waals surface area contributed by atoms with Crippen LogP contribution in [0.4, 0.5) is 10.1 Å². The lowest BCUT2D eigenvalue weighted by Gasteiger charge is -2.02. The molecule has 0 amide bonds. The zero-order chi connectivity index (χ0) is 21.1. The summed E-state index contributed by atoms with van der Waals surface area (Å²) in [5.74, 6) is -0.558. The van der Waals surface area contributed by atoms with Gasteiger partial charge in [-0.2, -0.15) is 0 Å². The Hall–Kier alpha value is -4.33. The Balaban J connectivity index is 1.46. The van der Waals surface area contributed by atoms with E-state index >= 15 is 0 Å². The van der Waals surface area contributed by atoms with Crippen molar-refractivity contribution in [1.82, 2.24) is 9.38 Å². The maximum atomic E-state index is 12.9. The van der Waals surface area contributed by atoms with Crippen molar-refractivity contribution in [3.63, 3.8) is 0 Å². The van der Waals surface area contributed by atoms with Crippen LogP contribution in [0.25, 0.3) is 23.0 Å². The van der Waals surface area contributed by atoms with Crippen LogP contribution in [0.5, 0.6) is 5.75 Å². The van der Waals surface area contributed by atoms with Crippen molar-refractivity contribution in [3.05, 3.63) is 101 Å². The van der Waals surface area contributed by atoms with Crippen LogP contribution in [0.2, 0.25) is 0 Å². The number of pyridine rings is 1. The molecule has 0 fully saturated rings. The highest BCUT2D eigenvalue weighted by Crippen LogP contribution is 2.23. The molecule has 0 atom stereocenters. The van der Waals surface area contributed by atoms with Gasteiger partial charge in [-0.05, 0) is 54.1 Å². The third-order valence-corrected chi connectivity index (χ3v) is 4.30. The van der Waals surface area contributed by atoms with Gasteiger partial charge in [0, 0.05) is 23.9 Å². The molecule has 30 heavy (non-hydrogen) atoms. The molecule has 0 unspecified atom stereocenters. The highest BCUT2D eigenvalue weighted by Gasteiger charge is 2.10. The fourth-order valence-corrected chi connectivity index (χ4v) is 2.81. The normalized spacial score (nSPS) is 11.1. The van der Waals surface area contributed by atoms with E-state index in [1.165, 1.54) is 36.5 Å². The summed E-state index contributed by atoms with van der Waals surface area (Å²) in [7, 11) is 0. The van der Waals surface area contributed by atoms with Crippen molar-refractivity contribution in [2.45, 2.75) is 0 Å². The number of carbonyl (C=O) groups excluding carboxylic acids is 1. The van der Waals surface area contributed by atoms with Crippen molar-refractivity contribution in [2.75, 3.05) is 0 Å². The minimum atomic E-state index is -0.563. The summed E-state index contributed by atoms with van der Waals surface area (Å²) in [5, 5.41) is 10.9. The predicted molar refractivity (Wildman–Crippen MR) is 108 cm³/mol. The Labute approximate surface area is 169 Å². The molecule has 148 valence electrons. The van der Waals surface area contributed by atoms with Crippen LogP contribution in [0.3, 0.4) is 0 Å². The van der Waals surface area contributed by atoms with E-state index in [2.05, 4.69) is 4.98 Å². The van der Waals surface area contributed by atoms with E-state index in [-0.39, 0.29) is 11.5 Å². The number of ether oxygens (including phenoxy) is 1. The van der Waals surface area contributed by atoms with E-state index in [1.807, 2.05) is 0 Å². The number of hydrogen-bond donors (Lipinski definition) is 0. The largest absolute Gasteiger partial charge is 0.423 e. The molecule has 4 rings (SSSR count). The second-order valence-electron chi connectivity index (χ2n) is 6.37. The zero-order valence-electron chi connectivity index (χ0n) is 15.4. The molecule has 0 spiro atoms. The molecule has 4 aromatic rings. The Morgan fingerprint density at radius 1 is 1.03 bits per heavy atom. The number of nitrogens with zero attached hydrogens (tertiary/aromatic N) is 3. The molecule has 0 aliphatic heterocycles. The van der Waals surface area contributed by atoms with E-state index in [1.54, 1.807) is 53.1 Å². The van der Waals surface area contributed by atoms with Gasteiger partial charge in [-0.3, -0.25) is 14.5 Å². The highest BCUT2D eigenvalue weighted by atomic mass is 19.1. The molecule has 7 nitrogen and oxygen atoms in total. The lowest BCUT2D eigenvalue weighted by molar-refractivity contribution is -0.385. The molecule has 2 aromatic carbocycles. The molecule has 0 bridgehead atoms. The monoisotopic (exact) mass is 403 g/mol. The Bertz CT molecular complexity index is 1260. The van der Waals surface area contributed by atoms with Gasteiger partial charge in [-0.1, -0.05) is 12.1 Å². The van der Waals surface area contributed by atoms with Gasteiger partial charge in [0.1, 0.15) is 17.2 Å². The standard InChI is InChI=1S/C22H14FN3O4/c23-17-6-1-15(2-7-17)3-12-22(27)30-19-9-4-16(5-10-19)20-14-25-13-18(26(28)29)8-11-21(25)24-20/h1-14H/b12-3+. The molecule has 0 radical (unpaired) electrons. The summed E-state index contributed by atoms with van der Waals surface area (Å²) in [6, 6.07) is 15.4. The fourth-order valence-electron chi connectivity index (χ4n) is 2.81. The van der Waals surface area contributed by atoms with E-state index in [0.717, 1.165) is 5.56 Å². The van der Waals surface area contributed by atoms with Crippen molar-refractivity contribution in [1.29, 1.82) is 0 Å². The molecule has 0 aliphatic carbocycles. The average molecular weight is 403 g/mol. The van der Waals surface area contributed by atoms with Crippen LogP contribution in [0.1, 0.15) is 5.56 Å². The minimum Gasteiger partial charge on any atom is -0.423 e. The van der Waals surface area contributed by atoms with Crippen molar-refractivity contribution >= 4 is 23.4 Å². The van der Waals surface area contributed by atoms with Crippen LogP contribution >= 0.6 is 0 Å². The van der Waals surface area contributed by atoms with Crippen LogP contribution in [-0.4, -0.2) is 20.3 Å². The van der Waals surface area contributed by atoms with Crippen LogP contribution in [-0.2, 0) is 4.79 Å². The van der Waals surface area contributed by atoms with Gasteiger partial charge in [0.05, 0.1) is 16.8 Å². The number of benzene rings is 2. The summed E-state index contributed by atoms with van der Waals surface area (Å²) < 4.78 is 19.7. The Kier molecular flexibility index (Phi) is 5.04. The molecule has 0 aliphatic rings. The second kappa shape index (κ2) is 7.96. The SMILES string of the molecule is O=C(/C=C/c1ccc(F)cc1)Oc1ccc(-c2cn3cc([N+](=O)[O-])ccc3n2)cc1. The second-order valence-corrected chi connectivity index (χ2v) is 6.37. The molecule has 0 saturated carbocycles. The van der Waals surface area contributed by atoms with Gasteiger partial charge in [0.15, 0.2) is 0 Å². The summed E-state index contributed by atoms with van der Waals surface area (Å²) in [6.45, 7) is 0. The minimum absolute atomic E-state index is 0.0256. The van der Waals surface area contributed by atoms with Crippen molar-refractivity contribution in [2.24, 2.45) is 0 Å². The molecule has 2 heterocycles. The summed E-state index contributed by atoms with van der Waals surface area (Å²) in [4.78, 5) is 26.8. The molecule has 8 heteroatoms. The van der Waals surface area contributed by atoms with Crippen LogP contribution in [0.15, 0.2) is 79.1 Å². The number of carbonyl (C=O) groups is 1. The van der Waals surface area contributed by atoms with E-state index < -0.39 is 10.9 Å². The van der Waals surface area contributed by atoms with Crippen LogP contribution in [0, 0.1) is 15.9 Å². The van der Waals surface area contributed by atoms with Gasteiger partial charge in [0.2, 0.25) is 0 Å². The third-order valence-electron chi connectivity index (χ3n) is 4.30. The Morgan fingerprint density at radius 2 is 1.77 bits per heavy atom. The first-order valence-electron chi connectivity index (χ1n) is 8.87. The predicted octanol–water partition coefficient (Wildman–Crippen LogP) is 4.67. The first-order valence-corrected chi connectivity index (χ1v) is 8.87. The highest BCUT2D eigenvalue weighted by molar-refractivity contribution is 5.88. The number of aromatic nitrogens is 2. The third kappa shape index (κ3) is 4.22. The first kappa shape index (κ1) is 19.0. The topological polar surface area (TPSA) is 86.7 Å². The number of fused-ring (bicyclic) bond motifs is 1. The number of esters is 1. The van der Waals surface area contributed by atoms with E-state index in [9.17, 15) is 19.3 Å². The average Bonchev–Trinajstić information content (AvgIpc) is 3.17. The summed E-state index contributed by atoms with van der Waals surface area (Å²) in [5.41, 5.74) is 2.63. The smallest absolute Gasteiger partial charge is 0.336 e. The van der Waals surface area contributed by atoms with Crippen molar-refractivity contribution in [3.8, 4) is 17.0 Å². The summed E-state index contributed by atoms with van der Waals surface area (Å²) >= 11 is 0. The number of hydrogen-bond acceptors (Lipinski definition) is 5. The lowest BCUT2D eigenvalue weighted by Crippen LogP contribution is -2.03. The fraction of sp³-hybridized carbons (Fsp3) is 0. The van der Waals surface area contributed by atoms with Gasteiger partial charge < -0.3 is 4.74 Å². The van der Waals surface area contributed by atoms with Crippen molar-refractivity contribution < 1.29 is 18.8 Å². The molecule has 0 N–H and O–H groups in total. The zero-order valence-corrected chi connectivity index (χ0v) is 15.4. The van der Waals surface area contributed by atoms with Gasteiger partial charge in [-0.25, -0.2) is 14.2 Å². The maximum absolute atomic E-state index is 12.9. The maximum Gasteiger partial charge on any atom is 0.336 e. The van der Waals surface area contributed by atoms with E-state index in [4.69, 9.17) is 4.74 Å². The molecule has 0 saturated heterocycles. The summed E-state index contributed by atoms with van der Waals surface area (Å²) in [6.07, 6.45) is 5.88. The van der Waals surface area contributed by atoms with Gasteiger partial charge in [-0.15, -0.1) is 0 Å². The van der Waals surface area contributed by atoms with Gasteiger partial charge in [0.25, 0.3) is 5.69 Å². The number of nitro groups is 1. The Morgan fingerprint density at radius 3 is 2.47 bits per heavy atom. The molecule has 2 aromatic heterocycles. The van der Waals surface area contributed by atoms with Gasteiger partial charge >= 0.3 is 5.97 Å². The number of rotatable bonds is 5. The molecular weight excluding hydrogens is 389 g/mol. The lowest BCUT2D eigenvalue weighted by atomic mass is 10.1. The number of halogens is 1. The quantitative estimate of drug-likeness (QED) is 0.159. The number of imidazole rings is 1. The van der Waals surface area contributed by atoms with E-state index in [0.29, 0.717) is 22.7 Å². The first-order chi connectivity index (χ1) is 14.5. The van der Waals surface area contributed by atoms with Crippen LogP contribution < -0.4 is 4.74 Å². The molecular formula is C22H14FN3O4.